The van der Waals surface area contributed by atoms with E-state index in [-0.39, 0.29) is 30.4 Å². The van der Waals surface area contributed by atoms with Crippen molar-refractivity contribution in [2.45, 2.75) is 37.7 Å². The first-order valence-corrected chi connectivity index (χ1v) is 10.2. The molecule has 1 aromatic carbocycles. The van der Waals surface area contributed by atoms with Crippen LogP contribution in [0, 0.1) is 0 Å². The Morgan fingerprint density at radius 2 is 1.79 bits per heavy atom. The smallest absolute Gasteiger partial charge is 0.337 e. The summed E-state index contributed by atoms with van der Waals surface area (Å²) in [7, 11) is 1.30. The highest BCUT2D eigenvalue weighted by molar-refractivity contribution is 8.23. The van der Waals surface area contributed by atoms with E-state index in [0.717, 1.165) is 4.90 Å². The number of carbonyl (C=O) groups is 3. The number of nitrogens with zero attached hydrogens (tertiary/aromatic N) is 2. The predicted octanol–water partition coefficient (Wildman–Crippen LogP) is 2.23. The van der Waals surface area contributed by atoms with E-state index in [0.29, 0.717) is 28.7 Å². The Kier molecular flexibility index (Phi) is 6.36. The average molecular weight is 423 g/mol. The SMILES string of the molecule is COC(=O)c1ccc(N2C(=O)C[C@H](SC(=S)N3C[C@@H](C)O[C@@H](C)C3)C2=O)cc1. The monoisotopic (exact) mass is 422 g/mol. The number of hydrogen-bond donors (Lipinski definition) is 0. The summed E-state index contributed by atoms with van der Waals surface area (Å²) in [5.41, 5.74) is 0.790. The van der Waals surface area contributed by atoms with Crippen molar-refractivity contribution >= 4 is 51.8 Å². The van der Waals surface area contributed by atoms with Gasteiger partial charge in [0.2, 0.25) is 11.8 Å². The van der Waals surface area contributed by atoms with Crippen LogP contribution in [0.5, 0.6) is 0 Å². The number of ether oxygens (including phenoxy) is 2. The van der Waals surface area contributed by atoms with E-state index in [1.54, 1.807) is 12.1 Å². The molecule has 2 aliphatic rings. The number of methoxy groups -OCH3 is 1. The van der Waals surface area contributed by atoms with Crippen LogP contribution in [0.2, 0.25) is 0 Å². The number of esters is 1. The first-order chi connectivity index (χ1) is 13.3. The molecule has 2 aliphatic heterocycles. The van der Waals surface area contributed by atoms with E-state index in [2.05, 4.69) is 4.74 Å². The minimum Gasteiger partial charge on any atom is -0.465 e. The molecular weight excluding hydrogens is 400 g/mol. The molecule has 0 spiro atoms. The molecule has 9 heteroatoms. The molecule has 0 N–H and O–H groups in total. The van der Waals surface area contributed by atoms with Crippen LogP contribution in [0.15, 0.2) is 24.3 Å². The van der Waals surface area contributed by atoms with Crippen molar-refractivity contribution in [3.8, 4) is 0 Å². The number of thiocarbonyl (C=S) groups is 1. The Bertz CT molecular complexity index is 788. The second kappa shape index (κ2) is 8.59. The number of rotatable bonds is 3. The van der Waals surface area contributed by atoms with Gasteiger partial charge in [0.05, 0.1) is 30.6 Å². The van der Waals surface area contributed by atoms with Crippen LogP contribution >= 0.6 is 24.0 Å². The van der Waals surface area contributed by atoms with E-state index in [1.165, 1.54) is 31.0 Å². The maximum Gasteiger partial charge on any atom is 0.337 e. The minimum atomic E-state index is -0.547. The quantitative estimate of drug-likeness (QED) is 0.417. The third kappa shape index (κ3) is 4.37. The Hall–Kier alpha value is -1.97. The van der Waals surface area contributed by atoms with E-state index >= 15 is 0 Å². The average Bonchev–Trinajstić information content (AvgIpc) is 2.93. The summed E-state index contributed by atoms with van der Waals surface area (Å²) in [6.07, 6.45) is 0.221. The second-order valence-electron chi connectivity index (χ2n) is 6.84. The summed E-state index contributed by atoms with van der Waals surface area (Å²) in [6.45, 7) is 5.31. The van der Waals surface area contributed by atoms with Crippen molar-refractivity contribution in [2.75, 3.05) is 25.1 Å². The fourth-order valence-corrected chi connectivity index (χ4v) is 4.83. The summed E-state index contributed by atoms with van der Waals surface area (Å²) < 4.78 is 11.0. The Morgan fingerprint density at radius 1 is 1.18 bits per heavy atom. The molecule has 28 heavy (non-hydrogen) atoms. The topological polar surface area (TPSA) is 76.2 Å². The lowest BCUT2D eigenvalue weighted by molar-refractivity contribution is -0.121. The highest BCUT2D eigenvalue weighted by atomic mass is 32.2. The van der Waals surface area contributed by atoms with Gasteiger partial charge in [0, 0.05) is 19.5 Å². The molecule has 2 amide bonds. The molecule has 0 aliphatic carbocycles. The van der Waals surface area contributed by atoms with Gasteiger partial charge in [0.15, 0.2) is 0 Å². The second-order valence-corrected chi connectivity index (χ2v) is 8.68. The van der Waals surface area contributed by atoms with E-state index < -0.39 is 11.2 Å². The molecule has 7 nitrogen and oxygen atoms in total. The van der Waals surface area contributed by atoms with E-state index in [4.69, 9.17) is 17.0 Å². The number of benzene rings is 1. The van der Waals surface area contributed by atoms with Gasteiger partial charge in [-0.05, 0) is 38.1 Å². The Morgan fingerprint density at radius 3 is 2.36 bits per heavy atom. The highest BCUT2D eigenvalue weighted by Gasteiger charge is 2.41. The van der Waals surface area contributed by atoms with E-state index in [1.807, 2.05) is 18.7 Å². The summed E-state index contributed by atoms with van der Waals surface area (Å²) in [6, 6.07) is 6.20. The maximum atomic E-state index is 12.8. The number of anilines is 1. The number of thioether (sulfide) groups is 1. The van der Waals surface area contributed by atoms with Crippen molar-refractivity contribution in [2.24, 2.45) is 0 Å². The summed E-state index contributed by atoms with van der Waals surface area (Å²) in [5.74, 6) is -1.05. The first-order valence-electron chi connectivity index (χ1n) is 8.96. The van der Waals surface area contributed by atoms with Crippen LogP contribution in [0.25, 0.3) is 0 Å². The number of carbonyl (C=O) groups excluding carboxylic acids is 3. The molecule has 2 heterocycles. The van der Waals surface area contributed by atoms with Gasteiger partial charge in [0.1, 0.15) is 9.57 Å². The molecule has 0 radical (unpaired) electrons. The number of hydrogen-bond acceptors (Lipinski definition) is 7. The molecule has 0 unspecified atom stereocenters. The molecule has 0 bridgehead atoms. The molecule has 2 saturated heterocycles. The van der Waals surface area contributed by atoms with Gasteiger partial charge in [-0.15, -0.1) is 0 Å². The van der Waals surface area contributed by atoms with Gasteiger partial charge in [-0.2, -0.15) is 0 Å². The minimum absolute atomic E-state index is 0.0630. The maximum absolute atomic E-state index is 12.8. The van der Waals surface area contributed by atoms with Crippen LogP contribution in [-0.2, 0) is 19.1 Å². The normalized spacial score (nSPS) is 25.2. The van der Waals surface area contributed by atoms with Gasteiger partial charge in [0.25, 0.3) is 0 Å². The highest BCUT2D eigenvalue weighted by Crippen LogP contribution is 2.32. The largest absolute Gasteiger partial charge is 0.465 e. The Balaban J connectivity index is 1.68. The third-order valence-corrected chi connectivity index (χ3v) is 6.23. The van der Waals surface area contributed by atoms with Crippen LogP contribution in [0.1, 0.15) is 30.6 Å². The number of imide groups is 1. The van der Waals surface area contributed by atoms with E-state index in [9.17, 15) is 14.4 Å². The van der Waals surface area contributed by atoms with Crippen LogP contribution in [0.3, 0.4) is 0 Å². The van der Waals surface area contributed by atoms with Crippen molar-refractivity contribution < 1.29 is 23.9 Å². The molecule has 3 rings (SSSR count). The van der Waals surface area contributed by atoms with Gasteiger partial charge < -0.3 is 14.4 Å². The van der Waals surface area contributed by atoms with Crippen LogP contribution in [-0.4, -0.2) is 64.7 Å². The van der Waals surface area contributed by atoms with Crippen LogP contribution < -0.4 is 4.90 Å². The molecule has 1 aromatic rings. The van der Waals surface area contributed by atoms with Crippen molar-refractivity contribution in [3.63, 3.8) is 0 Å². The summed E-state index contributed by atoms with van der Waals surface area (Å²) >= 11 is 6.78. The molecule has 2 fully saturated rings. The van der Waals surface area contributed by atoms with Gasteiger partial charge in [-0.3, -0.25) is 9.59 Å². The number of morpholine rings is 1. The molecule has 150 valence electrons. The lowest BCUT2D eigenvalue weighted by atomic mass is 10.2. The first kappa shape index (κ1) is 20.8. The van der Waals surface area contributed by atoms with Crippen molar-refractivity contribution in [1.29, 1.82) is 0 Å². The zero-order chi connectivity index (χ0) is 20.4. The van der Waals surface area contributed by atoms with Gasteiger partial charge in [-0.25, -0.2) is 9.69 Å². The lowest BCUT2D eigenvalue weighted by Crippen LogP contribution is -2.47. The lowest BCUT2D eigenvalue weighted by Gasteiger charge is -2.36. The molecule has 0 saturated carbocycles. The predicted molar refractivity (Wildman–Crippen MR) is 110 cm³/mol. The Labute approximate surface area is 173 Å². The zero-order valence-corrected chi connectivity index (χ0v) is 17.5. The summed E-state index contributed by atoms with van der Waals surface area (Å²) in [4.78, 5) is 40.0. The zero-order valence-electron chi connectivity index (χ0n) is 15.9. The fourth-order valence-electron chi connectivity index (χ4n) is 3.36. The van der Waals surface area contributed by atoms with Crippen molar-refractivity contribution in [1.82, 2.24) is 4.90 Å². The van der Waals surface area contributed by atoms with Crippen LogP contribution in [0.4, 0.5) is 5.69 Å². The molecular formula is C19H22N2O5S2. The molecule has 3 atom stereocenters. The third-order valence-electron chi connectivity index (χ3n) is 4.57. The van der Waals surface area contributed by atoms with Crippen molar-refractivity contribution in [3.05, 3.63) is 29.8 Å². The molecule has 0 aromatic heterocycles. The standard InChI is InChI=1S/C19H22N2O5S2/c1-11-9-20(10-12(2)26-11)19(27)28-15-8-16(22)21(17(15)23)14-6-4-13(5-7-14)18(24)25-3/h4-7,11-12,15H,8-10H2,1-3H3/t11-,12+,15-/m0/s1. The fraction of sp³-hybridized carbons (Fsp3) is 0.474. The van der Waals surface area contributed by atoms with Gasteiger partial charge in [-0.1, -0.05) is 24.0 Å². The number of amides is 2. The van der Waals surface area contributed by atoms with Gasteiger partial charge >= 0.3 is 5.97 Å². The summed E-state index contributed by atoms with van der Waals surface area (Å²) in [5, 5.41) is -0.547.